The van der Waals surface area contributed by atoms with Crippen LogP contribution in [0.2, 0.25) is 0 Å². The molecule has 1 unspecified atom stereocenters. The maximum atomic E-state index is 10.4. The molecule has 0 spiro atoms. The first kappa shape index (κ1) is 8.75. The van der Waals surface area contributed by atoms with Gasteiger partial charge in [0.25, 0.3) is 0 Å². The van der Waals surface area contributed by atoms with E-state index in [1.54, 1.807) is 12.1 Å². The van der Waals surface area contributed by atoms with E-state index >= 15 is 0 Å². The predicted octanol–water partition coefficient (Wildman–Crippen LogP) is 0.616. The molecule has 1 aromatic carbocycles. The van der Waals surface area contributed by atoms with Crippen molar-refractivity contribution in [3.8, 4) is 0 Å². The molecule has 0 aliphatic heterocycles. The monoisotopic (exact) mass is 277 g/mol. The number of benzene rings is 1. The van der Waals surface area contributed by atoms with Gasteiger partial charge in [0.1, 0.15) is 0 Å². The Bertz CT molecular complexity index is 303. The second-order valence-corrected chi connectivity index (χ2v) is 4.18. The zero-order valence-electron chi connectivity index (χ0n) is 5.45. The third kappa shape index (κ3) is 2.04. The molecule has 0 aliphatic rings. The Labute approximate surface area is 80.6 Å². The molecule has 0 heterocycles. The Morgan fingerprint density at radius 3 is 2.64 bits per heavy atom. The van der Waals surface area contributed by atoms with Crippen molar-refractivity contribution in [2.75, 3.05) is 0 Å². The summed E-state index contributed by atoms with van der Waals surface area (Å²) in [5.41, 5.74) is 0.180. The molecule has 0 N–H and O–H groups in total. The van der Waals surface area contributed by atoms with E-state index in [2.05, 4.69) is 15.9 Å². The van der Waals surface area contributed by atoms with Crippen LogP contribution in [0.5, 0.6) is 0 Å². The van der Waals surface area contributed by atoms with Crippen molar-refractivity contribution >= 4 is 42.8 Å². The number of nitro benzene ring substituents is 1. The quantitative estimate of drug-likeness (QED) is 0.429. The molecule has 0 saturated heterocycles. The molecule has 11 heavy (non-hydrogen) atoms. The van der Waals surface area contributed by atoms with Gasteiger partial charge in [-0.2, -0.15) is 0 Å². The molecule has 3 nitrogen and oxygen atoms in total. The van der Waals surface area contributed by atoms with E-state index < -0.39 is 0 Å². The van der Waals surface area contributed by atoms with Crippen LogP contribution in [-0.4, -0.2) is 21.8 Å². The molecule has 58 valence electrons. The van der Waals surface area contributed by atoms with Gasteiger partial charge in [0, 0.05) is 0 Å². The molecule has 0 aromatic heterocycles. The molecule has 0 radical (unpaired) electrons. The van der Waals surface area contributed by atoms with Crippen LogP contribution in [0.1, 0.15) is 0 Å². The first-order valence-corrected chi connectivity index (χ1v) is 4.81. The molecular formula is C6H5AsBrNO2. The summed E-state index contributed by atoms with van der Waals surface area (Å²) >= 11 is 4.43. The van der Waals surface area contributed by atoms with Gasteiger partial charge in [-0.3, -0.25) is 0 Å². The van der Waals surface area contributed by atoms with Crippen molar-refractivity contribution in [1.82, 2.24) is 0 Å². The van der Waals surface area contributed by atoms with E-state index in [1.165, 1.54) is 22.9 Å². The number of nitrogens with zero attached hydrogens (tertiary/aromatic N) is 1. The summed E-state index contributed by atoms with van der Waals surface area (Å²) in [6.45, 7) is 0. The number of rotatable bonds is 1. The fourth-order valence-electron chi connectivity index (χ4n) is 0.675. The van der Waals surface area contributed by atoms with Crippen LogP contribution in [0.25, 0.3) is 0 Å². The molecule has 5 heteroatoms. The van der Waals surface area contributed by atoms with Gasteiger partial charge in [-0.25, -0.2) is 0 Å². The summed E-state index contributed by atoms with van der Waals surface area (Å²) in [7, 11) is 0. The van der Waals surface area contributed by atoms with Crippen LogP contribution in [0.3, 0.4) is 0 Å². The minimum absolute atomic E-state index is 0.180. The Hall–Kier alpha value is -0.342. The minimum atomic E-state index is -0.373. The third-order valence-corrected chi connectivity index (χ3v) is 2.71. The summed E-state index contributed by atoms with van der Waals surface area (Å²) in [5.74, 6) is 0. The summed E-state index contributed by atoms with van der Waals surface area (Å²) in [6, 6.07) is 5.05. The predicted molar refractivity (Wildman–Crippen MR) is 49.0 cm³/mol. The fourth-order valence-corrected chi connectivity index (χ4v) is 1.62. The van der Waals surface area contributed by atoms with Crippen molar-refractivity contribution in [2.24, 2.45) is 0 Å². The Balaban J connectivity index is 3.23. The maximum absolute atomic E-state index is 10.4. The average Bonchev–Trinajstić information content (AvgIpc) is 1.94. The van der Waals surface area contributed by atoms with E-state index in [-0.39, 0.29) is 10.6 Å². The zero-order valence-corrected chi connectivity index (χ0v) is 9.46. The standard InChI is InChI=1S/C6H5AsBrNO2/c7-5-2-1-4(8)3-6(5)9(10)11/h1-3H,7H2. The molecule has 0 bridgehead atoms. The van der Waals surface area contributed by atoms with Crippen LogP contribution >= 0.6 is 15.9 Å². The van der Waals surface area contributed by atoms with Crippen molar-refractivity contribution < 1.29 is 4.92 Å². The van der Waals surface area contributed by atoms with Crippen LogP contribution in [0.4, 0.5) is 5.69 Å². The topological polar surface area (TPSA) is 43.1 Å². The van der Waals surface area contributed by atoms with E-state index in [4.69, 9.17) is 0 Å². The SMILES string of the molecule is O=[N+]([O-])c1cc(Br)ccc1[AsH2]. The van der Waals surface area contributed by atoms with Gasteiger partial charge in [-0.1, -0.05) is 0 Å². The van der Waals surface area contributed by atoms with Crippen molar-refractivity contribution in [3.05, 3.63) is 32.8 Å². The van der Waals surface area contributed by atoms with Crippen LogP contribution < -0.4 is 4.35 Å². The molecule has 0 amide bonds. The average molecular weight is 278 g/mol. The van der Waals surface area contributed by atoms with Gasteiger partial charge in [0.15, 0.2) is 0 Å². The number of hydrogen-bond acceptors (Lipinski definition) is 2. The van der Waals surface area contributed by atoms with Gasteiger partial charge in [-0.15, -0.1) is 0 Å². The van der Waals surface area contributed by atoms with E-state index in [0.29, 0.717) is 0 Å². The van der Waals surface area contributed by atoms with Crippen molar-refractivity contribution in [3.63, 3.8) is 0 Å². The first-order valence-electron chi connectivity index (χ1n) is 2.80. The summed E-state index contributed by atoms with van der Waals surface area (Å²) in [4.78, 5) is 10.00. The van der Waals surface area contributed by atoms with E-state index in [0.717, 1.165) is 8.82 Å². The number of hydrogen-bond donors (Lipinski definition) is 0. The Morgan fingerprint density at radius 2 is 2.18 bits per heavy atom. The molecular weight excluding hydrogens is 273 g/mol. The zero-order chi connectivity index (χ0) is 8.43. The number of halogens is 1. The van der Waals surface area contributed by atoms with E-state index in [1.807, 2.05) is 0 Å². The fraction of sp³-hybridized carbons (Fsp3) is 0. The molecule has 0 saturated carbocycles. The van der Waals surface area contributed by atoms with Gasteiger partial charge >= 0.3 is 80.5 Å². The van der Waals surface area contributed by atoms with Gasteiger partial charge in [0.2, 0.25) is 0 Å². The van der Waals surface area contributed by atoms with Crippen LogP contribution in [-0.2, 0) is 0 Å². The van der Waals surface area contributed by atoms with Crippen molar-refractivity contribution in [1.29, 1.82) is 0 Å². The molecule has 1 atom stereocenters. The van der Waals surface area contributed by atoms with Gasteiger partial charge in [-0.05, 0) is 0 Å². The molecule has 0 fully saturated rings. The second kappa shape index (κ2) is 3.37. The molecule has 1 aromatic rings. The summed E-state index contributed by atoms with van der Waals surface area (Å²) in [6.07, 6.45) is 0. The number of nitro groups is 1. The first-order chi connectivity index (χ1) is 5.11. The normalized spacial score (nSPS) is 9.64. The second-order valence-electron chi connectivity index (χ2n) is 1.96. The van der Waals surface area contributed by atoms with Gasteiger partial charge in [0.05, 0.1) is 0 Å². The summed E-state index contributed by atoms with van der Waals surface area (Å²) < 4.78 is 1.48. The third-order valence-electron chi connectivity index (χ3n) is 1.19. The summed E-state index contributed by atoms with van der Waals surface area (Å²) in [5, 5.41) is 10.4. The van der Waals surface area contributed by atoms with E-state index in [9.17, 15) is 10.1 Å². The Kier molecular flexibility index (Phi) is 2.68. The molecule has 0 aliphatic carbocycles. The van der Waals surface area contributed by atoms with Crippen LogP contribution in [0.15, 0.2) is 22.7 Å². The van der Waals surface area contributed by atoms with Crippen LogP contribution in [0, 0.1) is 10.1 Å². The Morgan fingerprint density at radius 1 is 1.55 bits per heavy atom. The molecule has 1 rings (SSSR count). The van der Waals surface area contributed by atoms with Gasteiger partial charge < -0.3 is 0 Å². The van der Waals surface area contributed by atoms with Crippen molar-refractivity contribution in [2.45, 2.75) is 0 Å².